The third-order valence-corrected chi connectivity index (χ3v) is 2.04. The van der Waals surface area contributed by atoms with Crippen LogP contribution in [0.2, 0.25) is 0 Å². The van der Waals surface area contributed by atoms with Gasteiger partial charge in [0, 0.05) is 6.54 Å². The van der Waals surface area contributed by atoms with Gasteiger partial charge < -0.3 is 15.2 Å². The summed E-state index contributed by atoms with van der Waals surface area (Å²) in [7, 11) is 0. The minimum absolute atomic E-state index is 0.295. The highest BCUT2D eigenvalue weighted by molar-refractivity contribution is 5.79. The van der Waals surface area contributed by atoms with Crippen LogP contribution >= 0.6 is 0 Å². The van der Waals surface area contributed by atoms with Crippen molar-refractivity contribution in [1.29, 1.82) is 0 Å². The maximum atomic E-state index is 12.6. The number of rotatable bonds is 5. The van der Waals surface area contributed by atoms with Crippen LogP contribution < -0.4 is 5.32 Å². The van der Waals surface area contributed by atoms with E-state index in [9.17, 15) is 22.4 Å². The van der Waals surface area contributed by atoms with Gasteiger partial charge in [-0.3, -0.25) is 0 Å². The summed E-state index contributed by atoms with van der Waals surface area (Å²) in [5.74, 6) is -8.48. The standard InChI is InChI=1S/C8H11F4NO3/c9-7(10,4-14)3-13-2-5-1-8(11,12)6(15)16-5/h5,13-14H,1-4H2. The van der Waals surface area contributed by atoms with Crippen LogP contribution in [0.1, 0.15) is 6.42 Å². The van der Waals surface area contributed by atoms with E-state index in [1.54, 1.807) is 0 Å². The van der Waals surface area contributed by atoms with Crippen molar-refractivity contribution >= 4 is 5.97 Å². The molecule has 1 saturated heterocycles. The summed E-state index contributed by atoms with van der Waals surface area (Å²) < 4.78 is 54.5. The molecule has 94 valence electrons. The summed E-state index contributed by atoms with van der Waals surface area (Å²) in [5.41, 5.74) is 0. The van der Waals surface area contributed by atoms with Gasteiger partial charge in [0.2, 0.25) is 0 Å². The van der Waals surface area contributed by atoms with Crippen molar-refractivity contribution in [3.8, 4) is 0 Å². The fourth-order valence-corrected chi connectivity index (χ4v) is 1.23. The third-order valence-electron chi connectivity index (χ3n) is 2.04. The molecule has 1 aliphatic rings. The molecule has 2 N–H and O–H groups in total. The van der Waals surface area contributed by atoms with Crippen molar-refractivity contribution < 1.29 is 32.2 Å². The second kappa shape index (κ2) is 4.54. The fourth-order valence-electron chi connectivity index (χ4n) is 1.23. The number of hydrogen-bond acceptors (Lipinski definition) is 4. The van der Waals surface area contributed by atoms with E-state index in [0.29, 0.717) is 0 Å². The molecule has 0 bridgehead atoms. The first-order valence-corrected chi connectivity index (χ1v) is 4.55. The van der Waals surface area contributed by atoms with Crippen molar-refractivity contribution in [3.05, 3.63) is 0 Å². The van der Waals surface area contributed by atoms with Gasteiger partial charge >= 0.3 is 11.9 Å². The minimum atomic E-state index is -3.54. The Morgan fingerprint density at radius 2 is 2.19 bits per heavy atom. The maximum Gasteiger partial charge on any atom is 0.377 e. The summed E-state index contributed by atoms with van der Waals surface area (Å²) in [5, 5.41) is 10.4. The van der Waals surface area contributed by atoms with E-state index < -0.39 is 43.5 Å². The fraction of sp³-hybridized carbons (Fsp3) is 0.875. The molecule has 4 nitrogen and oxygen atoms in total. The molecular weight excluding hydrogens is 234 g/mol. The average Bonchev–Trinajstić information content (AvgIpc) is 2.40. The predicted octanol–water partition coefficient (Wildman–Crippen LogP) is 0.154. The number of halogens is 4. The first kappa shape index (κ1) is 13.2. The molecule has 1 aliphatic heterocycles. The Bertz CT molecular complexity index is 272. The van der Waals surface area contributed by atoms with Crippen LogP contribution in [0.4, 0.5) is 17.6 Å². The lowest BCUT2D eigenvalue weighted by Crippen LogP contribution is -2.39. The van der Waals surface area contributed by atoms with Gasteiger partial charge in [0.1, 0.15) is 12.7 Å². The Morgan fingerprint density at radius 1 is 1.56 bits per heavy atom. The van der Waals surface area contributed by atoms with Crippen LogP contribution in [-0.2, 0) is 9.53 Å². The van der Waals surface area contributed by atoms with E-state index in [4.69, 9.17) is 5.11 Å². The Kier molecular flexibility index (Phi) is 3.74. The largest absolute Gasteiger partial charge is 0.456 e. The monoisotopic (exact) mass is 245 g/mol. The molecule has 0 amide bonds. The average molecular weight is 245 g/mol. The lowest BCUT2D eigenvalue weighted by molar-refractivity contribution is -0.159. The number of esters is 1. The number of carbonyl (C=O) groups excluding carboxylic acids is 1. The quantitative estimate of drug-likeness (QED) is 0.535. The smallest absolute Gasteiger partial charge is 0.377 e. The van der Waals surface area contributed by atoms with E-state index >= 15 is 0 Å². The molecule has 0 radical (unpaired) electrons. The molecule has 1 fully saturated rings. The van der Waals surface area contributed by atoms with Gasteiger partial charge in [-0.25, -0.2) is 13.6 Å². The van der Waals surface area contributed by atoms with Crippen LogP contribution in [0.5, 0.6) is 0 Å². The van der Waals surface area contributed by atoms with Gasteiger partial charge in [-0.05, 0) is 0 Å². The highest BCUT2D eigenvalue weighted by Gasteiger charge is 2.50. The predicted molar refractivity (Wildman–Crippen MR) is 44.3 cm³/mol. The topological polar surface area (TPSA) is 58.6 Å². The molecule has 0 aromatic heterocycles. The summed E-state index contributed by atoms with van der Waals surface area (Å²) in [4.78, 5) is 10.5. The van der Waals surface area contributed by atoms with Gasteiger partial charge in [0.15, 0.2) is 0 Å². The van der Waals surface area contributed by atoms with Crippen LogP contribution in [0.25, 0.3) is 0 Å². The highest BCUT2D eigenvalue weighted by Crippen LogP contribution is 2.30. The van der Waals surface area contributed by atoms with Gasteiger partial charge in [0.05, 0.1) is 13.0 Å². The second-order valence-corrected chi connectivity index (χ2v) is 3.58. The number of cyclic esters (lactones) is 1. The first-order valence-electron chi connectivity index (χ1n) is 4.55. The number of carbonyl (C=O) groups is 1. The molecule has 1 heterocycles. The van der Waals surface area contributed by atoms with Crippen LogP contribution in [0, 0.1) is 0 Å². The van der Waals surface area contributed by atoms with Crippen molar-refractivity contribution in [1.82, 2.24) is 5.32 Å². The number of nitrogens with one attached hydrogen (secondary N) is 1. The molecule has 0 spiro atoms. The van der Waals surface area contributed by atoms with Crippen molar-refractivity contribution in [2.75, 3.05) is 19.7 Å². The molecule has 16 heavy (non-hydrogen) atoms. The lowest BCUT2D eigenvalue weighted by Gasteiger charge is -2.15. The summed E-state index contributed by atoms with van der Waals surface area (Å²) in [6.07, 6.45) is -1.93. The van der Waals surface area contributed by atoms with Crippen molar-refractivity contribution in [2.45, 2.75) is 24.4 Å². The summed E-state index contributed by atoms with van der Waals surface area (Å²) in [6, 6.07) is 0. The Balaban J connectivity index is 2.29. The van der Waals surface area contributed by atoms with Crippen LogP contribution in [0.15, 0.2) is 0 Å². The van der Waals surface area contributed by atoms with Crippen LogP contribution in [-0.4, -0.2) is 48.7 Å². The molecule has 8 heteroatoms. The SMILES string of the molecule is O=C1OC(CNCC(F)(F)CO)CC1(F)F. The van der Waals surface area contributed by atoms with E-state index in [1.165, 1.54) is 0 Å². The summed E-state index contributed by atoms with van der Waals surface area (Å²) >= 11 is 0. The Hall–Kier alpha value is -0.890. The number of ether oxygens (including phenoxy) is 1. The molecular formula is C8H11F4NO3. The van der Waals surface area contributed by atoms with Crippen LogP contribution in [0.3, 0.4) is 0 Å². The van der Waals surface area contributed by atoms with E-state index in [2.05, 4.69) is 10.1 Å². The first-order chi connectivity index (χ1) is 7.27. The molecule has 0 aromatic rings. The number of aliphatic hydroxyl groups excluding tert-OH is 1. The minimum Gasteiger partial charge on any atom is -0.456 e. The number of hydrogen-bond donors (Lipinski definition) is 2. The van der Waals surface area contributed by atoms with Gasteiger partial charge in [0.25, 0.3) is 5.92 Å². The zero-order chi connectivity index (χ0) is 12.4. The van der Waals surface area contributed by atoms with E-state index in [-0.39, 0.29) is 6.54 Å². The molecule has 0 aromatic carbocycles. The maximum absolute atomic E-state index is 12.6. The molecule has 1 atom stereocenters. The Labute approximate surface area is 88.6 Å². The number of alkyl halides is 4. The highest BCUT2D eigenvalue weighted by atomic mass is 19.3. The normalized spacial score (nSPS) is 24.6. The molecule has 1 rings (SSSR count). The lowest BCUT2D eigenvalue weighted by atomic mass is 10.2. The zero-order valence-electron chi connectivity index (χ0n) is 8.18. The molecule has 0 aliphatic carbocycles. The van der Waals surface area contributed by atoms with Gasteiger partial charge in [-0.2, -0.15) is 8.78 Å². The van der Waals surface area contributed by atoms with Gasteiger partial charge in [-0.1, -0.05) is 0 Å². The second-order valence-electron chi connectivity index (χ2n) is 3.58. The van der Waals surface area contributed by atoms with Crippen molar-refractivity contribution in [2.24, 2.45) is 0 Å². The van der Waals surface area contributed by atoms with E-state index in [0.717, 1.165) is 0 Å². The third kappa shape index (κ3) is 3.31. The van der Waals surface area contributed by atoms with Gasteiger partial charge in [-0.15, -0.1) is 0 Å². The number of aliphatic hydroxyl groups is 1. The van der Waals surface area contributed by atoms with E-state index in [1.807, 2.05) is 0 Å². The van der Waals surface area contributed by atoms with Crippen molar-refractivity contribution in [3.63, 3.8) is 0 Å². The zero-order valence-corrected chi connectivity index (χ0v) is 8.18. The Morgan fingerprint density at radius 3 is 2.62 bits per heavy atom. The molecule has 1 unspecified atom stereocenters. The molecule has 0 saturated carbocycles. The summed E-state index contributed by atoms with van der Waals surface area (Å²) in [6.45, 7) is -2.49.